The maximum absolute atomic E-state index is 5.82. The van der Waals surface area contributed by atoms with E-state index in [-0.39, 0.29) is 0 Å². The summed E-state index contributed by atoms with van der Waals surface area (Å²) in [5.41, 5.74) is 1.93. The average molecular weight is 284 g/mol. The predicted molar refractivity (Wildman–Crippen MR) is 82.8 cm³/mol. The van der Waals surface area contributed by atoms with E-state index < -0.39 is 0 Å². The molecule has 0 amide bonds. The van der Waals surface area contributed by atoms with Crippen molar-refractivity contribution in [1.82, 2.24) is 20.1 Å². The number of aryl methyl sites for hydroxylation is 1. The molecule has 2 heterocycles. The first-order valence-corrected chi connectivity index (χ1v) is 7.22. The van der Waals surface area contributed by atoms with Crippen LogP contribution in [0.1, 0.15) is 19.7 Å². The second-order valence-electron chi connectivity index (χ2n) is 5.63. The largest absolute Gasteiger partial charge is 0.438 e. The van der Waals surface area contributed by atoms with E-state index in [1.807, 2.05) is 29.9 Å². The summed E-state index contributed by atoms with van der Waals surface area (Å²) < 4.78 is 7.69. The zero-order valence-corrected chi connectivity index (χ0v) is 12.6. The fourth-order valence-electron chi connectivity index (χ4n) is 2.37. The first-order valence-electron chi connectivity index (χ1n) is 7.22. The van der Waals surface area contributed by atoms with Crippen molar-refractivity contribution < 1.29 is 4.42 Å². The third-order valence-electron chi connectivity index (χ3n) is 3.37. The van der Waals surface area contributed by atoms with Crippen LogP contribution >= 0.6 is 0 Å². The number of fused-ring (bicyclic) bond motifs is 1. The van der Waals surface area contributed by atoms with Crippen LogP contribution in [0, 0.1) is 5.92 Å². The molecule has 1 aromatic carbocycles. The zero-order valence-electron chi connectivity index (χ0n) is 12.6. The third-order valence-corrected chi connectivity index (χ3v) is 3.37. The molecule has 0 fully saturated rings. The normalized spacial score (nSPS) is 11.6. The first kappa shape index (κ1) is 13.8. The Morgan fingerprint density at radius 1 is 1.29 bits per heavy atom. The van der Waals surface area contributed by atoms with Gasteiger partial charge in [0, 0.05) is 12.4 Å². The van der Waals surface area contributed by atoms with Crippen molar-refractivity contribution in [3.63, 3.8) is 0 Å². The molecule has 0 aliphatic carbocycles. The Bertz CT molecular complexity index is 742. The summed E-state index contributed by atoms with van der Waals surface area (Å²) in [5.74, 6) is 2.02. The predicted octanol–water partition coefficient (Wildman–Crippen LogP) is 2.97. The molecule has 0 bridgehead atoms. The van der Waals surface area contributed by atoms with E-state index in [0.29, 0.717) is 24.1 Å². The van der Waals surface area contributed by atoms with Gasteiger partial charge in [-0.25, -0.2) is 4.98 Å². The summed E-state index contributed by atoms with van der Waals surface area (Å²) in [4.78, 5) is 4.33. The molecule has 0 aliphatic rings. The van der Waals surface area contributed by atoms with E-state index in [2.05, 4.69) is 35.3 Å². The Morgan fingerprint density at radius 3 is 2.90 bits per heavy atom. The molecular weight excluding hydrogens is 264 g/mol. The minimum absolute atomic E-state index is 0.610. The van der Waals surface area contributed by atoms with E-state index in [0.717, 1.165) is 23.1 Å². The topological polar surface area (TPSA) is 55.9 Å². The van der Waals surface area contributed by atoms with Crippen molar-refractivity contribution in [2.24, 2.45) is 13.0 Å². The number of para-hydroxylation sites is 1. The van der Waals surface area contributed by atoms with Gasteiger partial charge in [-0.3, -0.25) is 4.68 Å². The number of nitrogens with one attached hydrogen (secondary N) is 1. The Balaban J connectivity index is 1.85. The highest BCUT2D eigenvalue weighted by Crippen LogP contribution is 2.27. The van der Waals surface area contributed by atoms with Crippen LogP contribution in [0.15, 0.2) is 34.9 Å². The zero-order chi connectivity index (χ0) is 14.8. The lowest BCUT2D eigenvalue weighted by molar-refractivity contribution is 0.458. The van der Waals surface area contributed by atoms with E-state index in [9.17, 15) is 0 Å². The molecule has 5 heteroatoms. The fraction of sp³-hybridized carbons (Fsp3) is 0.375. The van der Waals surface area contributed by atoms with Gasteiger partial charge in [0.1, 0.15) is 5.69 Å². The minimum atomic E-state index is 0.610. The lowest BCUT2D eigenvalue weighted by atomic mass is 10.2. The molecule has 110 valence electrons. The Kier molecular flexibility index (Phi) is 3.75. The summed E-state index contributed by atoms with van der Waals surface area (Å²) >= 11 is 0. The van der Waals surface area contributed by atoms with Gasteiger partial charge in [0.25, 0.3) is 0 Å². The summed E-state index contributed by atoms with van der Waals surface area (Å²) in [6.07, 6.45) is 1.75. The summed E-state index contributed by atoms with van der Waals surface area (Å²) in [7, 11) is 1.94. The van der Waals surface area contributed by atoms with Crippen LogP contribution in [0.3, 0.4) is 0 Å². The Morgan fingerprint density at radius 2 is 2.10 bits per heavy atom. The molecule has 21 heavy (non-hydrogen) atoms. The lowest BCUT2D eigenvalue weighted by Crippen LogP contribution is -2.18. The molecule has 3 rings (SSSR count). The van der Waals surface area contributed by atoms with Crippen molar-refractivity contribution in [3.8, 4) is 11.5 Å². The SMILES string of the molecule is CC(C)CNCc1ncc(-c2nn(C)c3ccccc23)o1. The number of aromatic nitrogens is 3. The van der Waals surface area contributed by atoms with Gasteiger partial charge in [0.2, 0.25) is 5.89 Å². The standard InChI is InChI=1S/C16H20N4O/c1-11(2)8-17-10-15-18-9-14(21-15)16-12-6-4-5-7-13(12)20(3)19-16/h4-7,9,11,17H,8,10H2,1-3H3. The summed E-state index contributed by atoms with van der Waals surface area (Å²) in [6.45, 7) is 5.94. The van der Waals surface area contributed by atoms with Crippen LogP contribution < -0.4 is 5.32 Å². The average Bonchev–Trinajstić information content (AvgIpc) is 3.04. The number of hydrogen-bond acceptors (Lipinski definition) is 4. The van der Waals surface area contributed by atoms with E-state index in [1.54, 1.807) is 6.20 Å². The molecule has 3 aromatic rings. The molecule has 0 radical (unpaired) electrons. The van der Waals surface area contributed by atoms with Gasteiger partial charge in [-0.05, 0) is 18.5 Å². The molecule has 5 nitrogen and oxygen atoms in total. The van der Waals surface area contributed by atoms with Crippen molar-refractivity contribution in [3.05, 3.63) is 36.4 Å². The van der Waals surface area contributed by atoms with Gasteiger partial charge in [0.05, 0.1) is 18.3 Å². The molecule has 0 spiro atoms. The van der Waals surface area contributed by atoms with Crippen molar-refractivity contribution in [2.45, 2.75) is 20.4 Å². The van der Waals surface area contributed by atoms with Gasteiger partial charge in [-0.15, -0.1) is 0 Å². The second kappa shape index (κ2) is 5.69. The Labute approximate surface area is 124 Å². The number of rotatable bonds is 5. The molecular formula is C16H20N4O. The second-order valence-corrected chi connectivity index (χ2v) is 5.63. The molecule has 0 atom stereocenters. The maximum atomic E-state index is 5.82. The maximum Gasteiger partial charge on any atom is 0.208 e. The van der Waals surface area contributed by atoms with Crippen LogP contribution in [0.4, 0.5) is 0 Å². The van der Waals surface area contributed by atoms with Gasteiger partial charge >= 0.3 is 0 Å². The van der Waals surface area contributed by atoms with Crippen molar-refractivity contribution in [1.29, 1.82) is 0 Å². The molecule has 1 N–H and O–H groups in total. The fourth-order valence-corrected chi connectivity index (χ4v) is 2.37. The van der Waals surface area contributed by atoms with Gasteiger partial charge < -0.3 is 9.73 Å². The van der Waals surface area contributed by atoms with Gasteiger partial charge in [-0.2, -0.15) is 5.10 Å². The van der Waals surface area contributed by atoms with Crippen molar-refractivity contribution in [2.75, 3.05) is 6.54 Å². The van der Waals surface area contributed by atoms with Crippen LogP contribution in [-0.4, -0.2) is 21.3 Å². The summed E-state index contributed by atoms with van der Waals surface area (Å²) in [6, 6.07) is 8.12. The lowest BCUT2D eigenvalue weighted by Gasteiger charge is -2.04. The number of nitrogens with zero attached hydrogens (tertiary/aromatic N) is 3. The number of hydrogen-bond donors (Lipinski definition) is 1. The Hall–Kier alpha value is -2.14. The smallest absolute Gasteiger partial charge is 0.208 e. The monoisotopic (exact) mass is 284 g/mol. The third kappa shape index (κ3) is 2.83. The molecule has 0 saturated heterocycles. The molecule has 2 aromatic heterocycles. The highest BCUT2D eigenvalue weighted by atomic mass is 16.4. The first-order chi connectivity index (χ1) is 10.1. The highest BCUT2D eigenvalue weighted by molar-refractivity contribution is 5.91. The highest BCUT2D eigenvalue weighted by Gasteiger charge is 2.14. The quantitative estimate of drug-likeness (QED) is 0.782. The van der Waals surface area contributed by atoms with Crippen LogP contribution in [0.25, 0.3) is 22.4 Å². The van der Waals surface area contributed by atoms with Gasteiger partial charge in [-0.1, -0.05) is 32.0 Å². The number of benzene rings is 1. The molecule has 0 saturated carbocycles. The van der Waals surface area contributed by atoms with Crippen molar-refractivity contribution >= 4 is 10.9 Å². The van der Waals surface area contributed by atoms with Crippen LogP contribution in [-0.2, 0) is 13.6 Å². The molecule has 0 unspecified atom stereocenters. The van der Waals surface area contributed by atoms with Crippen LogP contribution in [0.5, 0.6) is 0 Å². The molecule has 0 aliphatic heterocycles. The van der Waals surface area contributed by atoms with Gasteiger partial charge in [0.15, 0.2) is 5.76 Å². The van der Waals surface area contributed by atoms with Crippen LogP contribution in [0.2, 0.25) is 0 Å². The minimum Gasteiger partial charge on any atom is -0.438 e. The van der Waals surface area contributed by atoms with E-state index >= 15 is 0 Å². The van der Waals surface area contributed by atoms with E-state index in [1.165, 1.54) is 0 Å². The summed E-state index contributed by atoms with van der Waals surface area (Å²) in [5, 5.41) is 8.95. The van der Waals surface area contributed by atoms with E-state index in [4.69, 9.17) is 4.42 Å². The number of oxazole rings is 1.